The number of nitrogens with one attached hydrogen (secondary N) is 1. The molecule has 5 rings (SSSR count). The fraction of sp³-hybridized carbons (Fsp3) is 0.300. The van der Waals surface area contributed by atoms with E-state index in [0.717, 1.165) is 29.1 Å². The van der Waals surface area contributed by atoms with E-state index in [1.807, 2.05) is 41.8 Å². The third-order valence-electron chi connectivity index (χ3n) is 5.28. The van der Waals surface area contributed by atoms with Crippen molar-refractivity contribution >= 4 is 38.8 Å². The van der Waals surface area contributed by atoms with Gasteiger partial charge < -0.3 is 5.32 Å². The van der Waals surface area contributed by atoms with E-state index in [1.54, 1.807) is 29.1 Å². The zero-order chi connectivity index (χ0) is 20.9. The predicted molar refractivity (Wildman–Crippen MR) is 117 cm³/mol. The van der Waals surface area contributed by atoms with Crippen molar-refractivity contribution in [3.05, 3.63) is 53.5 Å². The number of para-hydroxylation sites is 2. The fourth-order valence-corrected chi connectivity index (χ4v) is 6.34. The highest BCUT2D eigenvalue weighted by molar-refractivity contribution is 7.94. The van der Waals surface area contributed by atoms with Gasteiger partial charge in [-0.1, -0.05) is 18.2 Å². The van der Waals surface area contributed by atoms with Crippen molar-refractivity contribution in [2.75, 3.05) is 21.7 Å². The van der Waals surface area contributed by atoms with Crippen LogP contribution < -0.4 is 13.9 Å². The second-order valence-corrected chi connectivity index (χ2v) is 10.0. The van der Waals surface area contributed by atoms with Crippen LogP contribution in [0.5, 0.6) is 0 Å². The number of fused-ring (bicyclic) bond motifs is 1. The number of amides is 1. The van der Waals surface area contributed by atoms with Crippen molar-refractivity contribution in [1.29, 1.82) is 0 Å². The van der Waals surface area contributed by atoms with Gasteiger partial charge in [0.2, 0.25) is 0 Å². The molecule has 0 saturated heterocycles. The van der Waals surface area contributed by atoms with E-state index < -0.39 is 10.2 Å². The Morgan fingerprint density at radius 2 is 1.97 bits per heavy atom. The molecule has 0 atom stereocenters. The van der Waals surface area contributed by atoms with Crippen molar-refractivity contribution in [3.63, 3.8) is 0 Å². The number of hydrogen-bond donors (Lipinski definition) is 1. The van der Waals surface area contributed by atoms with E-state index in [-0.39, 0.29) is 25.0 Å². The smallest absolute Gasteiger partial charge is 0.326 e. The van der Waals surface area contributed by atoms with E-state index in [4.69, 9.17) is 0 Å². The molecule has 3 aromatic rings. The molecule has 3 heterocycles. The maximum Gasteiger partial charge on any atom is 0.326 e. The maximum atomic E-state index is 13.1. The van der Waals surface area contributed by atoms with E-state index in [0.29, 0.717) is 11.4 Å². The topological polar surface area (TPSA) is 87.5 Å². The molecule has 30 heavy (non-hydrogen) atoms. The quantitative estimate of drug-likeness (QED) is 0.634. The Bertz CT molecular complexity index is 1200. The van der Waals surface area contributed by atoms with E-state index in [1.165, 1.54) is 8.61 Å². The second-order valence-electron chi connectivity index (χ2n) is 7.37. The van der Waals surface area contributed by atoms with Crippen LogP contribution in [-0.4, -0.2) is 43.2 Å². The standard InChI is InChI=1S/C20H21N5O3S2/c1-23-18(13-15(22-23)19-7-4-12-29-19)20(26)21-10-11-24-16-5-2-3-6-17(16)25(14-8-9-14)30(24,27)28/h2-7,12-14H,8-11H2,1H3,(H,21,26). The van der Waals surface area contributed by atoms with Gasteiger partial charge in [0.15, 0.2) is 0 Å². The first-order chi connectivity index (χ1) is 14.5. The van der Waals surface area contributed by atoms with Gasteiger partial charge in [-0.3, -0.25) is 9.48 Å². The van der Waals surface area contributed by atoms with Gasteiger partial charge >= 0.3 is 10.2 Å². The van der Waals surface area contributed by atoms with Gasteiger partial charge in [-0.2, -0.15) is 13.5 Å². The summed E-state index contributed by atoms with van der Waals surface area (Å²) in [5.41, 5.74) is 2.56. The van der Waals surface area contributed by atoms with Gasteiger partial charge in [0.05, 0.1) is 22.8 Å². The summed E-state index contributed by atoms with van der Waals surface area (Å²) in [5.74, 6) is -0.281. The Morgan fingerprint density at radius 1 is 1.20 bits per heavy atom. The first-order valence-electron chi connectivity index (χ1n) is 9.74. The predicted octanol–water partition coefficient (Wildman–Crippen LogP) is 2.61. The molecular formula is C20H21N5O3S2. The third kappa shape index (κ3) is 3.16. The molecule has 10 heteroatoms. The minimum atomic E-state index is -3.62. The largest absolute Gasteiger partial charge is 0.349 e. The van der Waals surface area contributed by atoms with Crippen LogP contribution in [0.15, 0.2) is 47.8 Å². The number of nitrogens with zero attached hydrogens (tertiary/aromatic N) is 4. The van der Waals surface area contributed by atoms with Crippen molar-refractivity contribution in [1.82, 2.24) is 15.1 Å². The van der Waals surface area contributed by atoms with Gasteiger partial charge in [0.1, 0.15) is 11.4 Å². The van der Waals surface area contributed by atoms with Gasteiger partial charge in [-0.05, 0) is 42.5 Å². The van der Waals surface area contributed by atoms with Crippen LogP contribution in [0.1, 0.15) is 23.3 Å². The number of benzene rings is 1. The highest BCUT2D eigenvalue weighted by Crippen LogP contribution is 2.46. The van der Waals surface area contributed by atoms with E-state index in [2.05, 4.69) is 10.4 Å². The van der Waals surface area contributed by atoms with Crippen LogP contribution >= 0.6 is 11.3 Å². The lowest BCUT2D eigenvalue weighted by molar-refractivity contribution is 0.0945. The van der Waals surface area contributed by atoms with Gasteiger partial charge in [-0.15, -0.1) is 11.3 Å². The molecule has 1 aromatic carbocycles. The number of aryl methyl sites for hydroxylation is 1. The SMILES string of the molecule is Cn1nc(-c2cccs2)cc1C(=O)NCCN1c2ccccc2N(C2CC2)S1(=O)=O. The summed E-state index contributed by atoms with van der Waals surface area (Å²) in [5, 5.41) is 9.20. The summed E-state index contributed by atoms with van der Waals surface area (Å²) in [6, 6.07) is 13.0. The van der Waals surface area contributed by atoms with Crippen LogP contribution in [0.25, 0.3) is 10.6 Å². The Balaban J connectivity index is 1.30. The maximum absolute atomic E-state index is 13.1. The number of carbonyl (C=O) groups excluding carboxylic acids is 1. The Kier molecular flexibility index (Phi) is 4.55. The van der Waals surface area contributed by atoms with Gasteiger partial charge in [0, 0.05) is 19.6 Å². The van der Waals surface area contributed by atoms with Crippen molar-refractivity contribution in [2.45, 2.75) is 18.9 Å². The van der Waals surface area contributed by atoms with Crippen LogP contribution in [0.3, 0.4) is 0 Å². The fourth-order valence-electron chi connectivity index (χ4n) is 3.73. The molecule has 0 spiro atoms. The third-order valence-corrected chi connectivity index (χ3v) is 8.10. The average Bonchev–Trinajstić information content (AvgIpc) is 3.15. The van der Waals surface area contributed by atoms with E-state index >= 15 is 0 Å². The number of carbonyl (C=O) groups is 1. The minimum absolute atomic E-state index is 0.0425. The molecule has 0 bridgehead atoms. The van der Waals surface area contributed by atoms with Crippen molar-refractivity contribution < 1.29 is 13.2 Å². The Morgan fingerprint density at radius 3 is 2.67 bits per heavy atom. The number of hydrogen-bond acceptors (Lipinski definition) is 5. The zero-order valence-electron chi connectivity index (χ0n) is 16.4. The van der Waals surface area contributed by atoms with Gasteiger partial charge in [0.25, 0.3) is 5.91 Å². The summed E-state index contributed by atoms with van der Waals surface area (Å²) in [6.45, 7) is 0.369. The zero-order valence-corrected chi connectivity index (χ0v) is 18.0. The number of anilines is 2. The molecular weight excluding hydrogens is 422 g/mol. The second kappa shape index (κ2) is 7.13. The first-order valence-corrected chi connectivity index (χ1v) is 12.0. The molecule has 2 aliphatic rings. The molecule has 1 N–H and O–H groups in total. The summed E-state index contributed by atoms with van der Waals surface area (Å²) in [4.78, 5) is 13.7. The first kappa shape index (κ1) is 19.1. The molecule has 8 nitrogen and oxygen atoms in total. The molecule has 1 aliphatic carbocycles. The summed E-state index contributed by atoms with van der Waals surface area (Å²) in [7, 11) is -1.90. The van der Waals surface area contributed by atoms with Crippen LogP contribution in [0.2, 0.25) is 0 Å². The summed E-state index contributed by atoms with van der Waals surface area (Å²) >= 11 is 1.56. The number of aromatic nitrogens is 2. The van der Waals surface area contributed by atoms with Crippen LogP contribution in [0, 0.1) is 0 Å². The highest BCUT2D eigenvalue weighted by atomic mass is 32.2. The molecule has 1 saturated carbocycles. The normalized spacial score (nSPS) is 17.2. The van der Waals surface area contributed by atoms with Crippen molar-refractivity contribution in [3.8, 4) is 10.6 Å². The molecule has 2 aromatic heterocycles. The summed E-state index contributed by atoms with van der Waals surface area (Å²) < 4.78 is 30.6. The Labute approximate surface area is 178 Å². The van der Waals surface area contributed by atoms with E-state index in [9.17, 15) is 13.2 Å². The number of thiophene rings is 1. The molecule has 156 valence electrons. The number of rotatable bonds is 6. The molecule has 0 radical (unpaired) electrons. The van der Waals surface area contributed by atoms with Crippen LogP contribution in [-0.2, 0) is 17.3 Å². The lowest BCUT2D eigenvalue weighted by atomic mass is 10.2. The average molecular weight is 444 g/mol. The van der Waals surface area contributed by atoms with Crippen molar-refractivity contribution in [2.24, 2.45) is 7.05 Å². The Hall–Kier alpha value is -2.85. The van der Waals surface area contributed by atoms with Gasteiger partial charge in [-0.25, -0.2) is 8.61 Å². The lowest BCUT2D eigenvalue weighted by Gasteiger charge is -2.21. The molecule has 1 amide bonds. The molecule has 0 unspecified atom stereocenters. The lowest BCUT2D eigenvalue weighted by Crippen LogP contribution is -2.42. The highest BCUT2D eigenvalue weighted by Gasteiger charge is 2.47. The molecule has 1 aliphatic heterocycles. The molecule has 1 fully saturated rings. The minimum Gasteiger partial charge on any atom is -0.349 e. The van der Waals surface area contributed by atoms with Crippen LogP contribution in [0.4, 0.5) is 11.4 Å². The summed E-state index contributed by atoms with van der Waals surface area (Å²) in [6.07, 6.45) is 1.76. The monoisotopic (exact) mass is 443 g/mol.